The summed E-state index contributed by atoms with van der Waals surface area (Å²) in [5, 5.41) is 0. The van der Waals surface area contributed by atoms with Crippen molar-refractivity contribution >= 4 is 0 Å². The Bertz CT molecular complexity index is 448. The fourth-order valence-corrected chi connectivity index (χ4v) is 1.83. The Morgan fingerprint density at radius 3 is 2.47 bits per heavy atom. The van der Waals surface area contributed by atoms with E-state index in [4.69, 9.17) is 5.73 Å². The molecule has 0 saturated heterocycles. The molecule has 0 spiro atoms. The number of nitrogens with zero attached hydrogens (tertiary/aromatic N) is 1. The smallest absolute Gasteiger partial charge is 0.0447 e. The number of hydrogen-bond acceptors (Lipinski definition) is 2. The number of benzene rings is 1. The van der Waals surface area contributed by atoms with Gasteiger partial charge in [0, 0.05) is 24.4 Å². The minimum atomic E-state index is 0.152. The number of hydrogen-bond donors (Lipinski definition) is 1. The molecule has 0 bridgehead atoms. The van der Waals surface area contributed by atoms with Crippen molar-refractivity contribution in [3.63, 3.8) is 0 Å². The predicted molar refractivity (Wildman–Crippen MR) is 70.7 cm³/mol. The summed E-state index contributed by atoms with van der Waals surface area (Å²) >= 11 is 0. The quantitative estimate of drug-likeness (QED) is 0.870. The van der Waals surface area contributed by atoms with E-state index in [9.17, 15) is 0 Å². The molecule has 0 saturated carbocycles. The number of pyridine rings is 1. The van der Waals surface area contributed by atoms with Gasteiger partial charge in [0.05, 0.1) is 0 Å². The molecule has 0 radical (unpaired) electrons. The SMILES string of the molecule is CCC(N)c1ccc(Cc2ccccn2)cc1. The fourth-order valence-electron chi connectivity index (χ4n) is 1.83. The molecule has 1 atom stereocenters. The summed E-state index contributed by atoms with van der Waals surface area (Å²) in [5.74, 6) is 0. The van der Waals surface area contributed by atoms with E-state index in [-0.39, 0.29) is 6.04 Å². The van der Waals surface area contributed by atoms with E-state index in [0.29, 0.717) is 0 Å². The summed E-state index contributed by atoms with van der Waals surface area (Å²) in [7, 11) is 0. The zero-order valence-electron chi connectivity index (χ0n) is 10.1. The van der Waals surface area contributed by atoms with Crippen molar-refractivity contribution in [2.45, 2.75) is 25.8 Å². The molecule has 0 aliphatic rings. The van der Waals surface area contributed by atoms with Crippen LogP contribution >= 0.6 is 0 Å². The molecule has 1 heterocycles. The lowest BCUT2D eigenvalue weighted by atomic mass is 10.0. The van der Waals surface area contributed by atoms with Gasteiger partial charge in [0.2, 0.25) is 0 Å². The Morgan fingerprint density at radius 1 is 1.12 bits per heavy atom. The van der Waals surface area contributed by atoms with Crippen LogP contribution < -0.4 is 5.73 Å². The van der Waals surface area contributed by atoms with Crippen molar-refractivity contribution in [2.75, 3.05) is 0 Å². The van der Waals surface area contributed by atoms with Crippen molar-refractivity contribution < 1.29 is 0 Å². The van der Waals surface area contributed by atoms with Crippen LogP contribution in [0.1, 0.15) is 36.2 Å². The van der Waals surface area contributed by atoms with E-state index in [1.807, 2.05) is 24.4 Å². The average Bonchev–Trinajstić information content (AvgIpc) is 2.40. The second kappa shape index (κ2) is 5.60. The van der Waals surface area contributed by atoms with E-state index < -0.39 is 0 Å². The van der Waals surface area contributed by atoms with Crippen LogP contribution in [0.2, 0.25) is 0 Å². The summed E-state index contributed by atoms with van der Waals surface area (Å²) in [5.41, 5.74) is 9.56. The van der Waals surface area contributed by atoms with Gasteiger partial charge in [-0.2, -0.15) is 0 Å². The lowest BCUT2D eigenvalue weighted by molar-refractivity contribution is 0.698. The van der Waals surface area contributed by atoms with Gasteiger partial charge in [-0.1, -0.05) is 37.3 Å². The second-order valence-corrected chi connectivity index (χ2v) is 4.25. The number of aromatic nitrogens is 1. The van der Waals surface area contributed by atoms with Gasteiger partial charge in [-0.15, -0.1) is 0 Å². The Kier molecular flexibility index (Phi) is 3.89. The van der Waals surface area contributed by atoms with Crippen LogP contribution in [-0.2, 0) is 6.42 Å². The Hall–Kier alpha value is -1.67. The molecular weight excluding hydrogens is 208 g/mol. The average molecular weight is 226 g/mol. The first kappa shape index (κ1) is 11.8. The standard InChI is InChI=1S/C15H18N2/c1-2-15(16)13-8-6-12(7-9-13)11-14-5-3-4-10-17-14/h3-10,15H,2,11,16H2,1H3. The maximum atomic E-state index is 5.98. The van der Waals surface area contributed by atoms with Crippen molar-refractivity contribution in [1.29, 1.82) is 0 Å². The minimum absolute atomic E-state index is 0.152. The van der Waals surface area contributed by atoms with E-state index in [0.717, 1.165) is 18.5 Å². The summed E-state index contributed by atoms with van der Waals surface area (Å²) in [6.45, 7) is 2.10. The third-order valence-corrected chi connectivity index (χ3v) is 2.96. The Labute approximate surface area is 103 Å². The maximum Gasteiger partial charge on any atom is 0.0447 e. The first-order valence-electron chi connectivity index (χ1n) is 6.04. The number of nitrogens with two attached hydrogens (primary N) is 1. The van der Waals surface area contributed by atoms with E-state index in [1.165, 1.54) is 11.1 Å². The fraction of sp³-hybridized carbons (Fsp3) is 0.267. The molecule has 2 aromatic rings. The molecule has 0 fully saturated rings. The summed E-state index contributed by atoms with van der Waals surface area (Å²) in [6.07, 6.45) is 3.68. The molecule has 88 valence electrons. The number of rotatable bonds is 4. The molecule has 2 heteroatoms. The van der Waals surface area contributed by atoms with Crippen LogP contribution in [0.4, 0.5) is 0 Å². The topological polar surface area (TPSA) is 38.9 Å². The molecule has 17 heavy (non-hydrogen) atoms. The third-order valence-electron chi connectivity index (χ3n) is 2.96. The van der Waals surface area contributed by atoms with Gasteiger partial charge in [-0.25, -0.2) is 0 Å². The summed E-state index contributed by atoms with van der Waals surface area (Å²) in [4.78, 5) is 4.32. The van der Waals surface area contributed by atoms with Gasteiger partial charge < -0.3 is 5.73 Å². The molecule has 2 nitrogen and oxygen atoms in total. The summed E-state index contributed by atoms with van der Waals surface area (Å²) < 4.78 is 0. The molecule has 1 aromatic carbocycles. The monoisotopic (exact) mass is 226 g/mol. The van der Waals surface area contributed by atoms with Crippen LogP contribution in [0.5, 0.6) is 0 Å². The van der Waals surface area contributed by atoms with Crippen LogP contribution in [0, 0.1) is 0 Å². The maximum absolute atomic E-state index is 5.98. The molecule has 1 unspecified atom stereocenters. The van der Waals surface area contributed by atoms with Gasteiger partial charge in [-0.3, -0.25) is 4.98 Å². The lowest BCUT2D eigenvalue weighted by Gasteiger charge is -2.09. The highest BCUT2D eigenvalue weighted by Gasteiger charge is 2.03. The molecular formula is C15H18N2. The van der Waals surface area contributed by atoms with Gasteiger partial charge in [0.15, 0.2) is 0 Å². The Morgan fingerprint density at radius 2 is 1.88 bits per heavy atom. The molecule has 1 aromatic heterocycles. The van der Waals surface area contributed by atoms with Gasteiger partial charge in [0.25, 0.3) is 0 Å². The largest absolute Gasteiger partial charge is 0.324 e. The van der Waals surface area contributed by atoms with Crippen LogP contribution in [-0.4, -0.2) is 4.98 Å². The van der Waals surface area contributed by atoms with Crippen molar-refractivity contribution in [1.82, 2.24) is 4.98 Å². The predicted octanol–water partition coefficient (Wildman–Crippen LogP) is 3.08. The highest BCUT2D eigenvalue weighted by Crippen LogP contribution is 2.15. The normalized spacial score (nSPS) is 12.4. The third kappa shape index (κ3) is 3.14. The zero-order chi connectivity index (χ0) is 12.1. The first-order chi connectivity index (χ1) is 8.29. The zero-order valence-corrected chi connectivity index (χ0v) is 10.1. The van der Waals surface area contributed by atoms with Gasteiger partial charge in [0.1, 0.15) is 0 Å². The highest BCUT2D eigenvalue weighted by atomic mass is 14.7. The van der Waals surface area contributed by atoms with Crippen molar-refractivity contribution in [3.8, 4) is 0 Å². The summed E-state index contributed by atoms with van der Waals surface area (Å²) in [6, 6.07) is 14.7. The van der Waals surface area contributed by atoms with Gasteiger partial charge in [-0.05, 0) is 29.7 Å². The van der Waals surface area contributed by atoms with E-state index in [1.54, 1.807) is 0 Å². The molecule has 0 amide bonds. The molecule has 2 rings (SSSR count). The van der Waals surface area contributed by atoms with Crippen LogP contribution in [0.3, 0.4) is 0 Å². The van der Waals surface area contributed by atoms with Gasteiger partial charge >= 0.3 is 0 Å². The van der Waals surface area contributed by atoms with E-state index >= 15 is 0 Å². The van der Waals surface area contributed by atoms with Crippen LogP contribution in [0.25, 0.3) is 0 Å². The van der Waals surface area contributed by atoms with E-state index in [2.05, 4.69) is 36.2 Å². The molecule has 0 aliphatic carbocycles. The molecule has 2 N–H and O–H groups in total. The highest BCUT2D eigenvalue weighted by molar-refractivity contribution is 5.27. The van der Waals surface area contributed by atoms with Crippen molar-refractivity contribution in [2.24, 2.45) is 5.73 Å². The Balaban J connectivity index is 2.08. The molecule has 0 aliphatic heterocycles. The first-order valence-corrected chi connectivity index (χ1v) is 6.04. The lowest BCUT2D eigenvalue weighted by Crippen LogP contribution is -2.08. The van der Waals surface area contributed by atoms with Crippen molar-refractivity contribution in [3.05, 3.63) is 65.5 Å². The van der Waals surface area contributed by atoms with Crippen LogP contribution in [0.15, 0.2) is 48.7 Å². The second-order valence-electron chi connectivity index (χ2n) is 4.25. The minimum Gasteiger partial charge on any atom is -0.324 e.